The van der Waals surface area contributed by atoms with E-state index in [2.05, 4.69) is 4.90 Å². The number of oxazole rings is 1. The van der Waals surface area contributed by atoms with E-state index in [-0.39, 0.29) is 10.9 Å². The van der Waals surface area contributed by atoms with Gasteiger partial charge in [-0.05, 0) is 70.7 Å². The molecule has 0 amide bonds. The van der Waals surface area contributed by atoms with Crippen molar-refractivity contribution in [1.29, 1.82) is 0 Å². The van der Waals surface area contributed by atoms with E-state index in [0.717, 1.165) is 32.5 Å². The SMILES string of the molecule is CC(C)n1c(=O)oc2cc(S(=O)(=O)N3CCC[C@@H](CN4CCCC4)C3)ccc21. The van der Waals surface area contributed by atoms with Crippen LogP contribution in [-0.4, -0.2) is 54.9 Å². The zero-order valence-corrected chi connectivity index (χ0v) is 17.5. The lowest BCUT2D eigenvalue weighted by Crippen LogP contribution is -2.43. The summed E-state index contributed by atoms with van der Waals surface area (Å²) in [6, 6.07) is 4.72. The van der Waals surface area contributed by atoms with Crippen LogP contribution in [0.5, 0.6) is 0 Å². The van der Waals surface area contributed by atoms with Gasteiger partial charge in [-0.3, -0.25) is 4.57 Å². The van der Waals surface area contributed by atoms with Crippen LogP contribution in [0, 0.1) is 5.92 Å². The molecule has 154 valence electrons. The Kier molecular flexibility index (Phi) is 5.37. The van der Waals surface area contributed by atoms with E-state index >= 15 is 0 Å². The lowest BCUT2D eigenvalue weighted by molar-refractivity contribution is 0.200. The number of piperidine rings is 1. The van der Waals surface area contributed by atoms with Gasteiger partial charge in [0.2, 0.25) is 10.0 Å². The van der Waals surface area contributed by atoms with E-state index in [4.69, 9.17) is 4.42 Å². The summed E-state index contributed by atoms with van der Waals surface area (Å²) in [4.78, 5) is 14.7. The van der Waals surface area contributed by atoms with Crippen LogP contribution in [0.1, 0.15) is 45.6 Å². The molecule has 1 atom stereocenters. The van der Waals surface area contributed by atoms with Gasteiger partial charge in [-0.25, -0.2) is 13.2 Å². The minimum Gasteiger partial charge on any atom is -0.408 e. The maximum atomic E-state index is 13.2. The van der Waals surface area contributed by atoms with Crippen molar-refractivity contribution in [3.8, 4) is 0 Å². The molecule has 1 aromatic carbocycles. The van der Waals surface area contributed by atoms with E-state index in [1.54, 1.807) is 21.0 Å². The maximum Gasteiger partial charge on any atom is 0.420 e. The number of sulfonamides is 1. The molecule has 0 aliphatic carbocycles. The minimum absolute atomic E-state index is 0.0513. The van der Waals surface area contributed by atoms with Crippen molar-refractivity contribution in [1.82, 2.24) is 13.8 Å². The highest BCUT2D eigenvalue weighted by atomic mass is 32.2. The molecule has 3 heterocycles. The summed E-state index contributed by atoms with van der Waals surface area (Å²) in [7, 11) is -3.60. The summed E-state index contributed by atoms with van der Waals surface area (Å²) in [6.45, 7) is 8.15. The standard InChI is InChI=1S/C20H29N3O4S/c1-15(2)23-18-8-7-17(12-19(18)27-20(23)24)28(25,26)22-11-5-6-16(14-22)13-21-9-3-4-10-21/h7-8,12,15-16H,3-6,9-11,13-14H2,1-2H3/t16-/m0/s1. The molecule has 2 fully saturated rings. The normalized spacial score (nSPS) is 22.5. The van der Waals surface area contributed by atoms with Gasteiger partial charge < -0.3 is 9.32 Å². The van der Waals surface area contributed by atoms with Crippen LogP contribution in [0.15, 0.2) is 32.3 Å². The van der Waals surface area contributed by atoms with Crippen LogP contribution in [0.25, 0.3) is 11.1 Å². The van der Waals surface area contributed by atoms with E-state index in [1.165, 1.54) is 18.9 Å². The van der Waals surface area contributed by atoms with Crippen molar-refractivity contribution in [3.05, 3.63) is 28.7 Å². The molecule has 7 nitrogen and oxygen atoms in total. The predicted octanol–water partition coefficient (Wildman–Crippen LogP) is 2.67. The molecule has 0 radical (unpaired) electrons. The molecule has 1 aromatic heterocycles. The largest absolute Gasteiger partial charge is 0.420 e. The smallest absolute Gasteiger partial charge is 0.408 e. The van der Waals surface area contributed by atoms with Gasteiger partial charge in [0.25, 0.3) is 0 Å². The zero-order valence-electron chi connectivity index (χ0n) is 16.6. The van der Waals surface area contributed by atoms with Crippen molar-refractivity contribution >= 4 is 21.1 Å². The topological polar surface area (TPSA) is 75.8 Å². The average Bonchev–Trinajstić information content (AvgIpc) is 3.27. The number of rotatable bonds is 5. The molecule has 0 bridgehead atoms. The van der Waals surface area contributed by atoms with Crippen LogP contribution in [-0.2, 0) is 10.0 Å². The first-order chi connectivity index (χ1) is 13.4. The number of likely N-dealkylation sites (tertiary alicyclic amines) is 1. The van der Waals surface area contributed by atoms with Crippen LogP contribution >= 0.6 is 0 Å². The molecule has 0 saturated carbocycles. The number of nitrogens with zero attached hydrogens (tertiary/aromatic N) is 3. The van der Waals surface area contributed by atoms with Gasteiger partial charge in [0.1, 0.15) is 0 Å². The number of benzene rings is 1. The minimum atomic E-state index is -3.60. The highest BCUT2D eigenvalue weighted by molar-refractivity contribution is 7.89. The van der Waals surface area contributed by atoms with Gasteiger partial charge >= 0.3 is 5.76 Å². The van der Waals surface area contributed by atoms with Crippen LogP contribution in [0.2, 0.25) is 0 Å². The number of hydrogen-bond donors (Lipinski definition) is 0. The average molecular weight is 408 g/mol. The number of fused-ring (bicyclic) bond motifs is 1. The van der Waals surface area contributed by atoms with E-state index in [0.29, 0.717) is 30.1 Å². The monoisotopic (exact) mass is 407 g/mol. The molecule has 2 aliphatic rings. The van der Waals surface area contributed by atoms with E-state index < -0.39 is 15.8 Å². The van der Waals surface area contributed by atoms with E-state index in [1.807, 2.05) is 13.8 Å². The lowest BCUT2D eigenvalue weighted by Gasteiger charge is -2.34. The second-order valence-electron chi connectivity index (χ2n) is 8.34. The molecule has 2 aliphatic heterocycles. The van der Waals surface area contributed by atoms with Gasteiger partial charge in [-0.15, -0.1) is 0 Å². The molecule has 2 aromatic rings. The summed E-state index contributed by atoms with van der Waals surface area (Å²) in [5.74, 6) is -0.0755. The van der Waals surface area contributed by atoms with Gasteiger partial charge in [-0.1, -0.05) is 0 Å². The Bertz CT molecular complexity index is 1000. The number of hydrogen-bond acceptors (Lipinski definition) is 5. The van der Waals surface area contributed by atoms with E-state index in [9.17, 15) is 13.2 Å². The van der Waals surface area contributed by atoms with Crippen molar-refractivity contribution < 1.29 is 12.8 Å². The molecule has 0 N–H and O–H groups in total. The second-order valence-corrected chi connectivity index (χ2v) is 10.3. The van der Waals surface area contributed by atoms with Crippen molar-refractivity contribution in [2.75, 3.05) is 32.7 Å². The molecule has 28 heavy (non-hydrogen) atoms. The summed E-state index contributed by atoms with van der Waals surface area (Å²) in [5.41, 5.74) is 0.954. The summed E-state index contributed by atoms with van der Waals surface area (Å²) < 4.78 is 34.9. The third kappa shape index (κ3) is 3.65. The van der Waals surface area contributed by atoms with Gasteiger partial charge in [0.15, 0.2) is 5.58 Å². The zero-order chi connectivity index (χ0) is 19.9. The Balaban J connectivity index is 1.57. The summed E-state index contributed by atoms with van der Waals surface area (Å²) in [5, 5.41) is 0. The first kappa shape index (κ1) is 19.7. The molecular weight excluding hydrogens is 378 g/mol. The highest BCUT2D eigenvalue weighted by Crippen LogP contribution is 2.27. The molecule has 8 heteroatoms. The highest BCUT2D eigenvalue weighted by Gasteiger charge is 2.32. The van der Waals surface area contributed by atoms with Crippen molar-refractivity contribution in [2.45, 2.75) is 50.5 Å². The number of aromatic nitrogens is 1. The van der Waals surface area contributed by atoms with Gasteiger partial charge in [-0.2, -0.15) is 4.31 Å². The Hall–Kier alpha value is -1.64. The Morgan fingerprint density at radius 3 is 2.61 bits per heavy atom. The third-order valence-electron chi connectivity index (χ3n) is 5.94. The quantitative estimate of drug-likeness (QED) is 0.762. The fourth-order valence-corrected chi connectivity index (χ4v) is 6.11. The van der Waals surface area contributed by atoms with Crippen LogP contribution in [0.3, 0.4) is 0 Å². The first-order valence-electron chi connectivity index (χ1n) is 10.2. The molecule has 2 saturated heterocycles. The predicted molar refractivity (Wildman–Crippen MR) is 108 cm³/mol. The lowest BCUT2D eigenvalue weighted by atomic mass is 9.99. The molecule has 4 rings (SSSR count). The fraction of sp³-hybridized carbons (Fsp3) is 0.650. The fourth-order valence-electron chi connectivity index (χ4n) is 4.54. The molecule has 0 spiro atoms. The molecular formula is C20H29N3O4S. The Morgan fingerprint density at radius 1 is 1.14 bits per heavy atom. The van der Waals surface area contributed by atoms with Crippen LogP contribution < -0.4 is 5.76 Å². The maximum absolute atomic E-state index is 13.2. The van der Waals surface area contributed by atoms with Crippen molar-refractivity contribution in [2.24, 2.45) is 5.92 Å². The van der Waals surface area contributed by atoms with Crippen molar-refractivity contribution in [3.63, 3.8) is 0 Å². The van der Waals surface area contributed by atoms with Gasteiger partial charge in [0, 0.05) is 31.7 Å². The molecule has 0 unspecified atom stereocenters. The third-order valence-corrected chi connectivity index (χ3v) is 7.80. The second kappa shape index (κ2) is 7.65. The van der Waals surface area contributed by atoms with Crippen LogP contribution in [0.4, 0.5) is 0 Å². The van der Waals surface area contributed by atoms with Gasteiger partial charge in [0.05, 0.1) is 10.4 Å². The summed E-state index contributed by atoms with van der Waals surface area (Å²) in [6.07, 6.45) is 4.46. The first-order valence-corrected chi connectivity index (χ1v) is 11.7. The Morgan fingerprint density at radius 2 is 1.89 bits per heavy atom. The summed E-state index contributed by atoms with van der Waals surface area (Å²) >= 11 is 0. The Labute approximate surface area is 166 Å².